The molecule has 1 amide bonds. The van der Waals surface area contributed by atoms with Crippen LogP contribution in [-0.4, -0.2) is 63.7 Å². The number of aryl methyl sites for hydroxylation is 1. The fourth-order valence-electron chi connectivity index (χ4n) is 6.20. The van der Waals surface area contributed by atoms with Crippen LogP contribution in [0, 0.1) is 0 Å². The molecule has 1 aliphatic rings. The summed E-state index contributed by atoms with van der Waals surface area (Å²) in [5, 5.41) is 13.2. The minimum atomic E-state index is -3.59. The number of ketones is 1. The molecule has 9 heteroatoms. The molecule has 5 aromatic rings. The fraction of sp³-hybridized carbons (Fsp3) is 0.282. The van der Waals surface area contributed by atoms with E-state index in [0.29, 0.717) is 43.8 Å². The molecule has 1 unspecified atom stereocenters. The van der Waals surface area contributed by atoms with E-state index in [1.54, 1.807) is 25.1 Å². The van der Waals surface area contributed by atoms with Crippen LogP contribution < -0.4 is 16.0 Å². The highest BCUT2D eigenvalue weighted by molar-refractivity contribution is 7.91. The summed E-state index contributed by atoms with van der Waals surface area (Å²) in [5.74, 6) is -0.453. The van der Waals surface area contributed by atoms with Gasteiger partial charge in [-0.1, -0.05) is 84.9 Å². The van der Waals surface area contributed by atoms with Crippen molar-refractivity contribution in [2.24, 2.45) is 0 Å². The molecule has 1 fully saturated rings. The van der Waals surface area contributed by atoms with Crippen LogP contribution in [0.3, 0.4) is 0 Å². The van der Waals surface area contributed by atoms with E-state index in [-0.39, 0.29) is 34.8 Å². The van der Waals surface area contributed by atoms with E-state index in [1.165, 1.54) is 0 Å². The van der Waals surface area contributed by atoms with E-state index < -0.39 is 22.0 Å². The Morgan fingerprint density at radius 3 is 2.35 bits per heavy atom. The Morgan fingerprint density at radius 1 is 0.854 bits per heavy atom. The predicted molar refractivity (Wildman–Crippen MR) is 191 cm³/mol. The second-order valence-corrected chi connectivity index (χ2v) is 14.5. The molecule has 1 aliphatic heterocycles. The number of ether oxygens (including phenoxy) is 1. The molecular formula is C39H41N3O5S. The molecule has 0 radical (unpaired) electrons. The maximum Gasteiger partial charge on any atom is 0.242 e. The van der Waals surface area contributed by atoms with Gasteiger partial charge >= 0.3 is 0 Å². The average molecular weight is 664 g/mol. The standard InChI is InChI=1S/C39H41N3O5S/c1-27(41-33-23-31-13-7-8-14-35(31)36(25-33)38(43)37-26-40-20-21-47-37)39(44)42-32(17-15-28-9-3-2-4-10-28)19-22-48(45,46)34-18-16-29-11-5-6-12-30(29)24-34/h2-14,16,18,23-25,27,32,37,40-41H,15,17,19-22,26H2,1H3,(H,42,44)/t27-,32-,37?/m0/s1. The highest BCUT2D eigenvalue weighted by atomic mass is 32.2. The molecular weight excluding hydrogens is 623 g/mol. The van der Waals surface area contributed by atoms with Gasteiger partial charge in [0.15, 0.2) is 15.6 Å². The van der Waals surface area contributed by atoms with Crippen molar-refractivity contribution in [1.82, 2.24) is 10.6 Å². The van der Waals surface area contributed by atoms with E-state index in [1.807, 2.05) is 91.0 Å². The summed E-state index contributed by atoms with van der Waals surface area (Å²) in [5.41, 5.74) is 2.30. The Morgan fingerprint density at radius 2 is 1.58 bits per heavy atom. The van der Waals surface area contributed by atoms with Crippen LogP contribution in [0.4, 0.5) is 5.69 Å². The Bertz CT molecular complexity index is 2010. The van der Waals surface area contributed by atoms with E-state index in [2.05, 4.69) is 16.0 Å². The van der Waals surface area contributed by atoms with Gasteiger partial charge in [0.1, 0.15) is 12.1 Å². The third-order valence-corrected chi connectivity index (χ3v) is 10.7. The van der Waals surface area contributed by atoms with Crippen molar-refractivity contribution in [3.63, 3.8) is 0 Å². The van der Waals surface area contributed by atoms with Gasteiger partial charge in [-0.2, -0.15) is 0 Å². The van der Waals surface area contributed by atoms with E-state index in [0.717, 1.165) is 27.1 Å². The third kappa shape index (κ3) is 8.10. The van der Waals surface area contributed by atoms with Gasteiger partial charge < -0.3 is 20.7 Å². The summed E-state index contributed by atoms with van der Waals surface area (Å²) < 4.78 is 32.7. The Balaban J connectivity index is 1.17. The normalized spacial score (nSPS) is 16.3. The van der Waals surface area contributed by atoms with Gasteiger partial charge in [-0.3, -0.25) is 9.59 Å². The first-order valence-electron chi connectivity index (χ1n) is 16.5. The second-order valence-electron chi connectivity index (χ2n) is 12.4. The summed E-state index contributed by atoms with van der Waals surface area (Å²) in [6.45, 7) is 3.39. The number of fused-ring (bicyclic) bond motifs is 2. The number of hydrogen-bond donors (Lipinski definition) is 3. The summed E-state index contributed by atoms with van der Waals surface area (Å²) in [4.78, 5) is 27.4. The second kappa shape index (κ2) is 15.1. The van der Waals surface area contributed by atoms with Crippen molar-refractivity contribution in [3.05, 3.63) is 120 Å². The topological polar surface area (TPSA) is 114 Å². The summed E-state index contributed by atoms with van der Waals surface area (Å²) in [7, 11) is -3.59. The van der Waals surface area contributed by atoms with Gasteiger partial charge in [-0.25, -0.2) is 8.42 Å². The number of amides is 1. The van der Waals surface area contributed by atoms with Crippen molar-refractivity contribution < 1.29 is 22.7 Å². The first kappa shape index (κ1) is 33.3. The van der Waals surface area contributed by atoms with Gasteiger partial charge in [0.2, 0.25) is 5.91 Å². The van der Waals surface area contributed by atoms with Gasteiger partial charge in [0.25, 0.3) is 0 Å². The van der Waals surface area contributed by atoms with Crippen molar-refractivity contribution in [2.45, 2.75) is 49.3 Å². The number of anilines is 1. The minimum Gasteiger partial charge on any atom is -0.374 e. The predicted octanol–water partition coefficient (Wildman–Crippen LogP) is 5.95. The van der Waals surface area contributed by atoms with Crippen LogP contribution in [0.15, 0.2) is 114 Å². The van der Waals surface area contributed by atoms with Crippen molar-refractivity contribution in [3.8, 4) is 0 Å². The summed E-state index contributed by atoms with van der Waals surface area (Å²) in [6.07, 6.45) is 0.969. The lowest BCUT2D eigenvalue weighted by atomic mass is 9.97. The molecule has 8 nitrogen and oxygen atoms in total. The number of benzene rings is 5. The number of sulfone groups is 1. The summed E-state index contributed by atoms with van der Waals surface area (Å²) in [6, 6.07) is 33.2. The van der Waals surface area contributed by atoms with Gasteiger partial charge in [0.05, 0.1) is 17.3 Å². The van der Waals surface area contributed by atoms with Crippen molar-refractivity contribution >= 4 is 48.8 Å². The molecule has 3 atom stereocenters. The van der Waals surface area contributed by atoms with Crippen LogP contribution >= 0.6 is 0 Å². The molecule has 5 aromatic carbocycles. The van der Waals surface area contributed by atoms with Crippen molar-refractivity contribution in [1.29, 1.82) is 0 Å². The van der Waals surface area contributed by atoms with E-state index in [4.69, 9.17) is 4.74 Å². The molecule has 248 valence electrons. The maximum absolute atomic E-state index is 13.6. The zero-order valence-electron chi connectivity index (χ0n) is 27.0. The molecule has 0 bridgehead atoms. The monoisotopic (exact) mass is 663 g/mol. The minimum absolute atomic E-state index is 0.0961. The molecule has 6 rings (SSSR count). The van der Waals surface area contributed by atoms with E-state index >= 15 is 0 Å². The average Bonchev–Trinajstić information content (AvgIpc) is 3.12. The van der Waals surface area contributed by atoms with Gasteiger partial charge in [-0.15, -0.1) is 0 Å². The Labute approximate surface area is 281 Å². The van der Waals surface area contributed by atoms with Crippen LogP contribution in [0.5, 0.6) is 0 Å². The number of hydrogen-bond acceptors (Lipinski definition) is 7. The van der Waals surface area contributed by atoms with Crippen molar-refractivity contribution in [2.75, 3.05) is 30.8 Å². The molecule has 1 saturated heterocycles. The molecule has 0 aromatic heterocycles. The summed E-state index contributed by atoms with van der Waals surface area (Å²) >= 11 is 0. The number of rotatable bonds is 13. The van der Waals surface area contributed by atoms with Gasteiger partial charge in [0, 0.05) is 30.4 Å². The Hall–Kier alpha value is -4.57. The smallest absolute Gasteiger partial charge is 0.242 e. The zero-order chi connectivity index (χ0) is 33.5. The van der Waals surface area contributed by atoms with Gasteiger partial charge in [-0.05, 0) is 77.6 Å². The molecule has 0 aliphatic carbocycles. The quantitative estimate of drug-likeness (QED) is 0.134. The highest BCUT2D eigenvalue weighted by Gasteiger charge is 2.26. The fourth-order valence-corrected chi connectivity index (χ4v) is 7.61. The lowest BCUT2D eigenvalue weighted by molar-refractivity contribution is -0.122. The SMILES string of the molecule is C[C@H](Nc1cc(C(=O)C2CNCCO2)c2ccccc2c1)C(=O)N[C@@H](CCc1ccccc1)CCS(=O)(=O)c1ccc2ccccc2c1. The highest BCUT2D eigenvalue weighted by Crippen LogP contribution is 2.27. The lowest BCUT2D eigenvalue weighted by Crippen LogP contribution is -2.44. The zero-order valence-corrected chi connectivity index (χ0v) is 27.8. The number of morpholine rings is 1. The molecule has 0 saturated carbocycles. The number of Topliss-reactive ketones (excluding diaryl/α,β-unsaturated/α-hetero) is 1. The number of nitrogens with one attached hydrogen (secondary N) is 3. The third-order valence-electron chi connectivity index (χ3n) is 8.91. The first-order valence-corrected chi connectivity index (χ1v) is 18.1. The lowest BCUT2D eigenvalue weighted by Gasteiger charge is -2.24. The van der Waals surface area contributed by atoms with Crippen LogP contribution in [0.25, 0.3) is 21.5 Å². The molecule has 48 heavy (non-hydrogen) atoms. The largest absolute Gasteiger partial charge is 0.374 e. The van der Waals surface area contributed by atoms with Crippen LogP contribution in [0.2, 0.25) is 0 Å². The first-order chi connectivity index (χ1) is 23.3. The maximum atomic E-state index is 13.6. The van der Waals surface area contributed by atoms with Crippen LogP contribution in [-0.2, 0) is 25.8 Å². The van der Waals surface area contributed by atoms with Crippen LogP contribution in [0.1, 0.15) is 35.7 Å². The Kier molecular flexibility index (Phi) is 10.5. The number of carbonyl (C=O) groups excluding carboxylic acids is 2. The molecule has 3 N–H and O–H groups in total. The molecule has 0 spiro atoms. The number of carbonyl (C=O) groups is 2. The van der Waals surface area contributed by atoms with E-state index in [9.17, 15) is 18.0 Å². The molecule has 1 heterocycles.